The molecule has 4 aromatic rings. The van der Waals surface area contributed by atoms with Crippen molar-refractivity contribution in [2.45, 2.75) is 0 Å². The molecule has 117 valence electrons. The van der Waals surface area contributed by atoms with Crippen molar-refractivity contribution in [2.75, 3.05) is 0 Å². The maximum atomic E-state index is 4.07. The van der Waals surface area contributed by atoms with E-state index in [4.69, 9.17) is 0 Å². The molecule has 1 nitrogen and oxygen atoms in total. The van der Waals surface area contributed by atoms with Crippen molar-refractivity contribution in [3.63, 3.8) is 0 Å². The quantitative estimate of drug-likeness (QED) is 0.202. The smallest absolute Gasteiger partial charge is 0.0751 e. The number of hydrogen-bond donors (Lipinski definition) is 0. The first-order valence-corrected chi connectivity index (χ1v) is 7.73. The molecule has 0 saturated heterocycles. The summed E-state index contributed by atoms with van der Waals surface area (Å²) in [5.74, 6) is 0. The number of nitrogens with zero attached hydrogens (tertiary/aromatic N) is 1. The van der Waals surface area contributed by atoms with Crippen molar-refractivity contribution < 1.29 is 24.7 Å². The summed E-state index contributed by atoms with van der Waals surface area (Å²) in [7, 11) is 0. The largest absolute Gasteiger partial charge is 0.336 e. The van der Waals surface area contributed by atoms with Gasteiger partial charge >= 0.3 is 0 Å². The van der Waals surface area contributed by atoms with Gasteiger partial charge in [-0.15, -0.1) is 23.8 Å². The van der Waals surface area contributed by atoms with Gasteiger partial charge in [-0.25, -0.2) is 0 Å². The molecule has 1 radical (unpaired) electrons. The summed E-state index contributed by atoms with van der Waals surface area (Å²) in [4.78, 5) is 0. The van der Waals surface area contributed by atoms with Crippen molar-refractivity contribution in [3.05, 3.63) is 90.6 Å². The first-order valence-electron chi connectivity index (χ1n) is 7.73. The maximum Gasteiger partial charge on any atom is 0.0751 e. The Morgan fingerprint density at radius 3 is 2.42 bits per heavy atom. The van der Waals surface area contributed by atoms with E-state index in [1.54, 1.807) is 0 Å². The Kier molecular flexibility index (Phi) is 3.53. The third-order valence-corrected chi connectivity index (χ3v) is 4.59. The number of allylic oxidation sites excluding steroid dienone is 2. The van der Waals surface area contributed by atoms with E-state index in [2.05, 4.69) is 67.4 Å². The van der Waals surface area contributed by atoms with Gasteiger partial charge in [0, 0.05) is 26.8 Å². The third kappa shape index (κ3) is 2.11. The minimum atomic E-state index is 0. The summed E-state index contributed by atoms with van der Waals surface area (Å²) >= 11 is 0. The van der Waals surface area contributed by atoms with Crippen LogP contribution >= 0.6 is 0 Å². The summed E-state index contributed by atoms with van der Waals surface area (Å²) in [6.07, 6.45) is 8.07. The van der Waals surface area contributed by atoms with Gasteiger partial charge in [0.25, 0.3) is 0 Å². The second-order valence-corrected chi connectivity index (χ2v) is 5.96. The van der Waals surface area contributed by atoms with Gasteiger partial charge in [0.05, 0.1) is 12.2 Å². The summed E-state index contributed by atoms with van der Waals surface area (Å²) < 4.78 is 1.89. The zero-order valence-corrected chi connectivity index (χ0v) is 15.3. The number of benzene rings is 4. The number of rotatable bonds is 1. The average Bonchev–Trinajstić information content (AvgIpc) is 2.60. The van der Waals surface area contributed by atoms with Crippen molar-refractivity contribution in [1.29, 1.82) is 0 Å². The van der Waals surface area contributed by atoms with Crippen LogP contribution in [0, 0.1) is 12.1 Å². The van der Waals surface area contributed by atoms with Gasteiger partial charge in [0.2, 0.25) is 0 Å². The predicted octanol–water partition coefficient (Wildman–Crippen LogP) is 5.06. The Hall–Kier alpha value is -2.41. The topological polar surface area (TPSA) is 3.01 Å². The molecule has 1 aliphatic heterocycles. The molecule has 5 rings (SSSR count). The first-order chi connectivity index (χ1) is 11.3. The fourth-order valence-electron chi connectivity index (χ4n) is 3.53. The van der Waals surface area contributed by atoms with Crippen molar-refractivity contribution in [2.24, 2.45) is 0 Å². The summed E-state index contributed by atoms with van der Waals surface area (Å²) in [5.41, 5.74) is 1.08. The van der Waals surface area contributed by atoms with E-state index < -0.39 is 0 Å². The molecular formula is C22H14IrN-. The van der Waals surface area contributed by atoms with Crippen molar-refractivity contribution in [1.82, 2.24) is 0 Å². The Morgan fingerprint density at radius 2 is 1.62 bits per heavy atom. The minimum Gasteiger partial charge on any atom is -0.336 e. The molecule has 2 heteroatoms. The zero-order chi connectivity index (χ0) is 15.4. The fraction of sp³-hybridized carbons (Fsp3) is 0. The second kappa shape index (κ2) is 5.59. The minimum absolute atomic E-state index is 0. The molecule has 0 saturated carbocycles. The molecule has 4 aromatic carbocycles. The van der Waals surface area contributed by atoms with Crippen LogP contribution < -0.4 is 0 Å². The van der Waals surface area contributed by atoms with E-state index >= 15 is 0 Å². The van der Waals surface area contributed by atoms with Crippen LogP contribution in [-0.4, -0.2) is 11.3 Å². The molecule has 0 N–H and O–H groups in total. The molecule has 0 bridgehead atoms. The normalized spacial score (nSPS) is 14.0. The van der Waals surface area contributed by atoms with Crippen LogP contribution in [0.1, 0.15) is 5.56 Å². The average molecular weight is 485 g/mol. The Bertz CT molecular complexity index is 1070. The molecule has 0 fully saturated rings. The summed E-state index contributed by atoms with van der Waals surface area (Å²) in [6.45, 7) is 4.07. The molecule has 0 unspecified atom stereocenters. The van der Waals surface area contributed by atoms with Gasteiger partial charge in [0.1, 0.15) is 0 Å². The second-order valence-electron chi connectivity index (χ2n) is 5.96. The fourth-order valence-corrected chi connectivity index (χ4v) is 3.53. The zero-order valence-electron chi connectivity index (χ0n) is 12.9. The van der Waals surface area contributed by atoms with Crippen LogP contribution in [0.2, 0.25) is 0 Å². The predicted molar refractivity (Wildman–Crippen MR) is 97.0 cm³/mol. The summed E-state index contributed by atoms with van der Waals surface area (Å²) in [6, 6.07) is 22.1. The van der Waals surface area contributed by atoms with Crippen LogP contribution in [-0.2, 0) is 20.1 Å². The van der Waals surface area contributed by atoms with Gasteiger partial charge in [-0.2, -0.15) is 12.1 Å². The van der Waals surface area contributed by atoms with Crippen LogP contribution in [0.25, 0.3) is 32.3 Å². The molecule has 1 aliphatic rings. The molecule has 0 aromatic heterocycles. The van der Waals surface area contributed by atoms with Gasteiger partial charge in [-0.1, -0.05) is 53.2 Å². The first kappa shape index (κ1) is 15.1. The van der Waals surface area contributed by atoms with Crippen LogP contribution in [0.15, 0.2) is 73.0 Å². The molecule has 1 heterocycles. The van der Waals surface area contributed by atoms with E-state index in [1.165, 1.54) is 26.9 Å². The van der Waals surface area contributed by atoms with Gasteiger partial charge < -0.3 is 4.58 Å². The molecule has 0 spiro atoms. The van der Waals surface area contributed by atoms with Gasteiger partial charge in [-0.05, 0) is 21.5 Å². The van der Waals surface area contributed by atoms with Gasteiger partial charge in [0.15, 0.2) is 0 Å². The SMILES string of the molecule is C=[N+]1C=CC=C[C-]1c1[c-]c2ccc3cccc4ccc(c1)c2c34.[Ir]. The Morgan fingerprint density at radius 1 is 0.875 bits per heavy atom. The van der Waals surface area contributed by atoms with E-state index in [9.17, 15) is 0 Å². The van der Waals surface area contributed by atoms with Crippen molar-refractivity contribution >= 4 is 39.0 Å². The van der Waals surface area contributed by atoms with E-state index in [1.807, 2.05) is 22.9 Å². The van der Waals surface area contributed by atoms with E-state index in [0.717, 1.165) is 17.0 Å². The van der Waals surface area contributed by atoms with Crippen LogP contribution in [0.4, 0.5) is 0 Å². The molecule has 24 heavy (non-hydrogen) atoms. The molecular weight excluding hydrogens is 470 g/mol. The summed E-state index contributed by atoms with van der Waals surface area (Å²) in [5, 5.41) is 7.62. The van der Waals surface area contributed by atoms with E-state index in [0.29, 0.717) is 0 Å². The van der Waals surface area contributed by atoms with Crippen LogP contribution in [0.5, 0.6) is 0 Å². The Labute approximate surface area is 154 Å². The maximum absolute atomic E-state index is 4.07. The van der Waals surface area contributed by atoms with Gasteiger partial charge in [-0.3, -0.25) is 0 Å². The standard InChI is InChI=1S/C22H14N.Ir/c1-23-12-3-2-7-20(23)19-13-17-10-8-15-5-4-6-16-9-11-18(14-19)22(17)21(15)16;/h2-13H,1H2;/q-1;. The molecule has 0 atom stereocenters. The monoisotopic (exact) mass is 485 g/mol. The molecule has 0 amide bonds. The van der Waals surface area contributed by atoms with Crippen LogP contribution in [0.3, 0.4) is 0 Å². The number of hydrogen-bond acceptors (Lipinski definition) is 0. The third-order valence-electron chi connectivity index (χ3n) is 4.59. The van der Waals surface area contributed by atoms with E-state index in [-0.39, 0.29) is 20.1 Å². The Balaban J connectivity index is 0.00000146. The van der Waals surface area contributed by atoms with Crippen molar-refractivity contribution in [3.8, 4) is 0 Å². The molecule has 0 aliphatic carbocycles.